The van der Waals surface area contributed by atoms with Gasteiger partial charge in [-0.3, -0.25) is 4.68 Å². The molecule has 1 aromatic carbocycles. The lowest BCUT2D eigenvalue weighted by molar-refractivity contribution is 0.0527. The number of aryl methyl sites for hydroxylation is 1. The van der Waals surface area contributed by atoms with Gasteiger partial charge >= 0.3 is 5.97 Å². The molecule has 19 heavy (non-hydrogen) atoms. The van der Waals surface area contributed by atoms with Crippen molar-refractivity contribution in [1.29, 1.82) is 0 Å². The molecule has 0 aliphatic rings. The van der Waals surface area contributed by atoms with Crippen molar-refractivity contribution in [3.63, 3.8) is 0 Å². The van der Waals surface area contributed by atoms with Crippen molar-refractivity contribution in [2.24, 2.45) is 7.05 Å². The highest BCUT2D eigenvalue weighted by Gasteiger charge is 2.12. The topological polar surface area (TPSA) is 70.1 Å². The number of ether oxygens (including phenoxy) is 1. The molecule has 100 valence electrons. The van der Waals surface area contributed by atoms with Crippen LogP contribution in [0.25, 0.3) is 0 Å². The predicted octanol–water partition coefficient (Wildman–Crippen LogP) is 2.33. The van der Waals surface area contributed by atoms with Gasteiger partial charge in [-0.05, 0) is 25.1 Å². The maximum absolute atomic E-state index is 11.7. The summed E-state index contributed by atoms with van der Waals surface area (Å²) in [7, 11) is 1.86. The summed E-state index contributed by atoms with van der Waals surface area (Å²) < 4.78 is 6.70. The molecule has 6 heteroatoms. The molecule has 0 fully saturated rings. The van der Waals surface area contributed by atoms with E-state index in [1.165, 1.54) is 11.8 Å². The Morgan fingerprint density at radius 2 is 2.26 bits per heavy atom. The molecular formula is C13H15N3O2S. The van der Waals surface area contributed by atoms with Crippen LogP contribution in [0.15, 0.2) is 40.4 Å². The predicted molar refractivity (Wildman–Crippen MR) is 74.1 cm³/mol. The molecule has 0 aliphatic carbocycles. The van der Waals surface area contributed by atoms with Gasteiger partial charge in [-0.15, -0.1) is 0 Å². The quantitative estimate of drug-likeness (QED) is 0.686. The molecule has 1 heterocycles. The second-order valence-electron chi connectivity index (χ2n) is 3.92. The van der Waals surface area contributed by atoms with E-state index in [-0.39, 0.29) is 0 Å². The smallest absolute Gasteiger partial charge is 0.340 e. The van der Waals surface area contributed by atoms with Gasteiger partial charge in [0.15, 0.2) is 0 Å². The minimum absolute atomic E-state index is 0.332. The molecule has 0 spiro atoms. The van der Waals surface area contributed by atoms with Crippen molar-refractivity contribution in [3.8, 4) is 0 Å². The van der Waals surface area contributed by atoms with Crippen LogP contribution in [0.2, 0.25) is 0 Å². The zero-order valence-electron chi connectivity index (χ0n) is 10.8. The van der Waals surface area contributed by atoms with Crippen LogP contribution in [-0.4, -0.2) is 22.4 Å². The fourth-order valence-corrected chi connectivity index (χ4v) is 2.46. The molecular weight excluding hydrogens is 262 g/mol. The number of hydrogen-bond acceptors (Lipinski definition) is 5. The summed E-state index contributed by atoms with van der Waals surface area (Å²) in [5.74, 6) is -0.395. The Morgan fingerprint density at radius 1 is 1.47 bits per heavy atom. The Balaban J connectivity index is 2.23. The number of benzene rings is 1. The summed E-state index contributed by atoms with van der Waals surface area (Å²) in [6.45, 7) is 2.10. The fraction of sp³-hybridized carbons (Fsp3) is 0.231. The first kappa shape index (κ1) is 13.5. The molecule has 2 N–H and O–H groups in total. The Hall–Kier alpha value is -1.95. The summed E-state index contributed by atoms with van der Waals surface area (Å²) >= 11 is 1.52. The number of nitrogens with zero attached hydrogens (tertiary/aromatic N) is 2. The van der Waals surface area contributed by atoms with Gasteiger partial charge in [0.1, 0.15) is 0 Å². The molecule has 0 atom stereocenters. The number of rotatable bonds is 4. The van der Waals surface area contributed by atoms with Crippen molar-refractivity contribution >= 4 is 23.4 Å². The number of nitrogen functional groups attached to an aromatic ring is 1. The summed E-state index contributed by atoms with van der Waals surface area (Å²) in [5, 5.41) is 4.10. The number of esters is 1. The first-order valence-electron chi connectivity index (χ1n) is 5.83. The Morgan fingerprint density at radius 3 is 2.89 bits per heavy atom. The van der Waals surface area contributed by atoms with E-state index in [2.05, 4.69) is 5.10 Å². The van der Waals surface area contributed by atoms with E-state index in [4.69, 9.17) is 10.5 Å². The van der Waals surface area contributed by atoms with Crippen molar-refractivity contribution in [1.82, 2.24) is 9.78 Å². The number of carbonyl (C=O) groups is 1. The minimum atomic E-state index is -0.395. The van der Waals surface area contributed by atoms with Gasteiger partial charge in [-0.25, -0.2) is 4.79 Å². The first-order valence-corrected chi connectivity index (χ1v) is 6.65. The highest BCUT2D eigenvalue weighted by atomic mass is 32.2. The monoisotopic (exact) mass is 277 g/mol. The Bertz CT molecular complexity index is 595. The van der Waals surface area contributed by atoms with Crippen molar-refractivity contribution < 1.29 is 9.53 Å². The third-order valence-corrected chi connectivity index (χ3v) is 3.37. The van der Waals surface area contributed by atoms with Crippen LogP contribution < -0.4 is 5.73 Å². The number of nitrogens with two attached hydrogens (primary N) is 1. The van der Waals surface area contributed by atoms with Crippen LogP contribution in [-0.2, 0) is 11.8 Å². The van der Waals surface area contributed by atoms with Crippen LogP contribution in [0.4, 0.5) is 5.69 Å². The minimum Gasteiger partial charge on any atom is -0.462 e. The lowest BCUT2D eigenvalue weighted by Crippen LogP contribution is -2.07. The van der Waals surface area contributed by atoms with E-state index >= 15 is 0 Å². The van der Waals surface area contributed by atoms with Gasteiger partial charge in [0, 0.05) is 23.8 Å². The maximum atomic E-state index is 11.7. The standard InChI is InChI=1S/C13H15N3O2S/c1-3-18-13(17)11-6-9(4-5-12(11)14)19-10-7-15-16(2)8-10/h4-8H,3,14H2,1-2H3. The summed E-state index contributed by atoms with van der Waals surface area (Å²) in [4.78, 5) is 13.7. The second kappa shape index (κ2) is 5.79. The molecule has 0 bridgehead atoms. The Labute approximate surface area is 115 Å². The number of hydrogen-bond donors (Lipinski definition) is 1. The summed E-state index contributed by atoms with van der Waals surface area (Å²) in [5.41, 5.74) is 6.62. The number of carbonyl (C=O) groups excluding carboxylic acids is 1. The molecule has 0 saturated heterocycles. The average Bonchev–Trinajstić information content (AvgIpc) is 2.77. The van der Waals surface area contributed by atoms with Gasteiger partial charge in [0.2, 0.25) is 0 Å². The van der Waals surface area contributed by atoms with Crippen molar-refractivity contribution in [2.75, 3.05) is 12.3 Å². The molecule has 5 nitrogen and oxygen atoms in total. The summed E-state index contributed by atoms with van der Waals surface area (Å²) in [6, 6.07) is 5.33. The van der Waals surface area contributed by atoms with Gasteiger partial charge in [0.25, 0.3) is 0 Å². The molecule has 0 amide bonds. The molecule has 0 radical (unpaired) electrons. The van der Waals surface area contributed by atoms with E-state index in [1.807, 2.05) is 19.3 Å². The van der Waals surface area contributed by atoms with E-state index in [0.29, 0.717) is 17.9 Å². The lowest BCUT2D eigenvalue weighted by Gasteiger charge is -2.07. The normalized spacial score (nSPS) is 10.4. The van der Waals surface area contributed by atoms with Crippen molar-refractivity contribution in [2.45, 2.75) is 16.7 Å². The lowest BCUT2D eigenvalue weighted by atomic mass is 10.2. The van der Waals surface area contributed by atoms with Crippen molar-refractivity contribution in [3.05, 3.63) is 36.2 Å². The molecule has 2 aromatic rings. The van der Waals surface area contributed by atoms with E-state index < -0.39 is 5.97 Å². The third-order valence-electron chi connectivity index (χ3n) is 2.44. The van der Waals surface area contributed by atoms with E-state index in [0.717, 1.165) is 9.79 Å². The van der Waals surface area contributed by atoms with Crippen LogP contribution >= 0.6 is 11.8 Å². The highest BCUT2D eigenvalue weighted by Crippen LogP contribution is 2.29. The zero-order valence-corrected chi connectivity index (χ0v) is 11.6. The SMILES string of the molecule is CCOC(=O)c1cc(Sc2cnn(C)c2)ccc1N. The molecule has 0 unspecified atom stereocenters. The van der Waals surface area contributed by atoms with Crippen LogP contribution in [0.5, 0.6) is 0 Å². The third kappa shape index (κ3) is 3.29. The van der Waals surface area contributed by atoms with Crippen LogP contribution in [0.3, 0.4) is 0 Å². The van der Waals surface area contributed by atoms with E-state index in [1.54, 1.807) is 29.9 Å². The molecule has 1 aromatic heterocycles. The second-order valence-corrected chi connectivity index (χ2v) is 5.07. The Kier molecular flexibility index (Phi) is 4.11. The van der Waals surface area contributed by atoms with Crippen LogP contribution in [0.1, 0.15) is 17.3 Å². The number of aromatic nitrogens is 2. The van der Waals surface area contributed by atoms with E-state index in [9.17, 15) is 4.79 Å². The zero-order chi connectivity index (χ0) is 13.8. The molecule has 0 saturated carbocycles. The fourth-order valence-electron chi connectivity index (χ4n) is 1.57. The van der Waals surface area contributed by atoms with Gasteiger partial charge in [-0.2, -0.15) is 5.10 Å². The number of anilines is 1. The van der Waals surface area contributed by atoms with Gasteiger partial charge in [-0.1, -0.05) is 11.8 Å². The largest absolute Gasteiger partial charge is 0.462 e. The maximum Gasteiger partial charge on any atom is 0.340 e. The first-order chi connectivity index (χ1) is 9.10. The van der Waals surface area contributed by atoms with Gasteiger partial charge < -0.3 is 10.5 Å². The molecule has 0 aliphatic heterocycles. The van der Waals surface area contributed by atoms with Crippen LogP contribution in [0, 0.1) is 0 Å². The average molecular weight is 277 g/mol. The highest BCUT2D eigenvalue weighted by molar-refractivity contribution is 7.99. The van der Waals surface area contributed by atoms with Gasteiger partial charge in [0.05, 0.1) is 23.3 Å². The molecule has 2 rings (SSSR count). The summed E-state index contributed by atoms with van der Waals surface area (Å²) in [6.07, 6.45) is 3.68.